The highest BCUT2D eigenvalue weighted by molar-refractivity contribution is 5.87. The average Bonchev–Trinajstić information content (AvgIpc) is 3.48. The highest BCUT2D eigenvalue weighted by Crippen LogP contribution is 2.36. The molecule has 0 N–H and O–H groups in total. The molecule has 1 saturated heterocycles. The number of aromatic nitrogens is 3. The molecule has 0 radical (unpaired) electrons. The van der Waals surface area contributed by atoms with Gasteiger partial charge in [0.2, 0.25) is 12.3 Å². The van der Waals surface area contributed by atoms with Crippen molar-refractivity contribution < 1.29 is 22.4 Å². The number of hydrogen-bond donors (Lipinski definition) is 0. The summed E-state index contributed by atoms with van der Waals surface area (Å²) in [4.78, 5) is 22.6. The summed E-state index contributed by atoms with van der Waals surface area (Å²) < 4.78 is 45.7. The first-order valence-corrected chi connectivity index (χ1v) is 12.9. The van der Waals surface area contributed by atoms with Crippen molar-refractivity contribution in [2.24, 2.45) is 0 Å². The molecule has 1 aliphatic heterocycles. The van der Waals surface area contributed by atoms with Crippen LogP contribution in [0.5, 0.6) is 0 Å². The van der Waals surface area contributed by atoms with E-state index >= 15 is 4.39 Å². The molecular weight excluding hydrogens is 521 g/mol. The van der Waals surface area contributed by atoms with Gasteiger partial charge in [0.15, 0.2) is 0 Å². The number of amides is 1. The largest absolute Gasteiger partial charge is 0.415 e. The normalized spacial score (nSPS) is 14.4. The van der Waals surface area contributed by atoms with Crippen LogP contribution in [0.2, 0.25) is 0 Å². The van der Waals surface area contributed by atoms with Gasteiger partial charge >= 0.3 is 6.43 Å². The minimum absolute atomic E-state index is 0.0395. The first kappa shape index (κ1) is 27.3. The minimum atomic E-state index is -2.92. The molecule has 11 heteroatoms. The van der Waals surface area contributed by atoms with Gasteiger partial charge in [-0.1, -0.05) is 18.2 Å². The third kappa shape index (κ3) is 5.84. The topological polar surface area (TPSA) is 78.6 Å². The van der Waals surface area contributed by atoms with E-state index in [1.54, 1.807) is 12.4 Å². The fourth-order valence-corrected chi connectivity index (χ4v) is 4.95. The van der Waals surface area contributed by atoms with E-state index in [9.17, 15) is 13.6 Å². The van der Waals surface area contributed by atoms with Crippen molar-refractivity contribution in [3.8, 4) is 22.6 Å². The van der Waals surface area contributed by atoms with Crippen molar-refractivity contribution in [3.63, 3.8) is 0 Å². The lowest BCUT2D eigenvalue weighted by atomic mass is 10.0. The van der Waals surface area contributed by atoms with Gasteiger partial charge in [0.1, 0.15) is 5.82 Å². The molecule has 4 aromatic rings. The van der Waals surface area contributed by atoms with Gasteiger partial charge in [-0.3, -0.25) is 9.78 Å². The molecule has 0 unspecified atom stereocenters. The Morgan fingerprint density at radius 2 is 1.82 bits per heavy atom. The molecule has 208 valence electrons. The zero-order chi connectivity index (χ0) is 28.2. The molecule has 5 rings (SSSR count). The molecule has 0 aliphatic carbocycles. The first-order chi connectivity index (χ1) is 19.3. The van der Waals surface area contributed by atoms with Gasteiger partial charge < -0.3 is 19.1 Å². The van der Waals surface area contributed by atoms with Crippen LogP contribution in [-0.2, 0) is 11.3 Å². The van der Waals surface area contributed by atoms with Crippen LogP contribution in [0.15, 0.2) is 65.3 Å². The Morgan fingerprint density at radius 1 is 1.05 bits per heavy atom. The highest BCUT2D eigenvalue weighted by Gasteiger charge is 2.25. The average molecular weight is 551 g/mol. The van der Waals surface area contributed by atoms with Crippen LogP contribution in [0, 0.1) is 5.82 Å². The summed E-state index contributed by atoms with van der Waals surface area (Å²) in [6.07, 6.45) is 3.22. The maximum Gasteiger partial charge on any atom is 0.314 e. The fraction of sp³-hybridized carbons (Fsp3) is 0.310. The SMILES string of the molecule is CN1CCC(N(C)c2cc(-c3cccnc3)ccc2N(C=O)Cc2ccc(-c3nnc(C(F)F)o3)cc2F)CC1. The van der Waals surface area contributed by atoms with Crippen LogP contribution in [-0.4, -0.2) is 59.7 Å². The van der Waals surface area contributed by atoms with Gasteiger partial charge in [-0.15, -0.1) is 10.2 Å². The molecule has 8 nitrogen and oxygen atoms in total. The summed E-state index contributed by atoms with van der Waals surface area (Å²) in [5.74, 6) is -1.66. The summed E-state index contributed by atoms with van der Waals surface area (Å²) in [6, 6.07) is 14.1. The van der Waals surface area contributed by atoms with E-state index in [0.717, 1.165) is 48.8 Å². The maximum atomic E-state index is 15.2. The lowest BCUT2D eigenvalue weighted by Crippen LogP contribution is -2.42. The number of carbonyl (C=O) groups is 1. The molecule has 40 heavy (non-hydrogen) atoms. The van der Waals surface area contributed by atoms with E-state index < -0.39 is 18.1 Å². The van der Waals surface area contributed by atoms with Gasteiger partial charge in [0, 0.05) is 42.2 Å². The number of anilines is 2. The number of halogens is 3. The van der Waals surface area contributed by atoms with Crippen molar-refractivity contribution in [2.75, 3.05) is 37.0 Å². The lowest BCUT2D eigenvalue weighted by molar-refractivity contribution is -0.107. The summed E-state index contributed by atoms with van der Waals surface area (Å²) >= 11 is 0. The number of hydrogen-bond acceptors (Lipinski definition) is 7. The van der Waals surface area contributed by atoms with Gasteiger partial charge in [0.05, 0.1) is 17.9 Å². The van der Waals surface area contributed by atoms with Crippen LogP contribution >= 0.6 is 0 Å². The molecule has 2 aromatic heterocycles. The quantitative estimate of drug-likeness (QED) is 0.252. The molecular formula is C29H29F3N6O2. The number of benzene rings is 2. The van der Waals surface area contributed by atoms with Crippen LogP contribution in [0.4, 0.5) is 24.5 Å². The van der Waals surface area contributed by atoms with Gasteiger partial charge in [-0.25, -0.2) is 4.39 Å². The fourth-order valence-electron chi connectivity index (χ4n) is 4.95. The van der Waals surface area contributed by atoms with Crippen LogP contribution < -0.4 is 9.80 Å². The van der Waals surface area contributed by atoms with Crippen molar-refractivity contribution >= 4 is 17.8 Å². The van der Waals surface area contributed by atoms with Crippen molar-refractivity contribution in [1.29, 1.82) is 0 Å². The zero-order valence-electron chi connectivity index (χ0n) is 22.2. The Hall–Kier alpha value is -4.25. The van der Waals surface area contributed by atoms with Gasteiger partial charge in [0.25, 0.3) is 5.89 Å². The molecule has 0 atom stereocenters. The predicted octanol–water partition coefficient (Wildman–Crippen LogP) is 5.57. The van der Waals surface area contributed by atoms with E-state index in [0.29, 0.717) is 12.1 Å². The monoisotopic (exact) mass is 550 g/mol. The standard InChI is InChI=1S/C29H29F3N6O2/c1-36-12-9-23(10-13-36)37(2)26-15-19(21-4-3-11-33-16-21)7-8-25(26)38(18-39)17-22-6-5-20(14-24(22)30)28-34-35-29(40-28)27(31)32/h3-8,11,14-16,18,23,27H,9-10,12-13,17H2,1-2H3. The third-order valence-electron chi connectivity index (χ3n) is 7.29. The van der Waals surface area contributed by atoms with E-state index in [1.807, 2.05) is 37.4 Å². The van der Waals surface area contributed by atoms with E-state index in [2.05, 4.69) is 32.0 Å². The number of piperidine rings is 1. The number of pyridine rings is 1. The van der Waals surface area contributed by atoms with Gasteiger partial charge in [-0.05, 0) is 68.9 Å². The van der Waals surface area contributed by atoms with Crippen molar-refractivity contribution in [2.45, 2.75) is 31.9 Å². The lowest BCUT2D eigenvalue weighted by Gasteiger charge is -2.38. The summed E-state index contributed by atoms with van der Waals surface area (Å²) in [7, 11) is 4.13. The van der Waals surface area contributed by atoms with Gasteiger partial charge in [-0.2, -0.15) is 8.78 Å². The van der Waals surface area contributed by atoms with Crippen LogP contribution in [0.25, 0.3) is 22.6 Å². The molecule has 1 aliphatic rings. The summed E-state index contributed by atoms with van der Waals surface area (Å²) in [6.45, 7) is 1.91. The highest BCUT2D eigenvalue weighted by atomic mass is 19.3. The molecule has 0 spiro atoms. The van der Waals surface area contributed by atoms with Crippen LogP contribution in [0.1, 0.15) is 30.7 Å². The van der Waals surface area contributed by atoms with E-state index in [-0.39, 0.29) is 29.6 Å². The Morgan fingerprint density at radius 3 is 2.48 bits per heavy atom. The van der Waals surface area contributed by atoms with E-state index in [1.165, 1.54) is 17.0 Å². The second-order valence-corrected chi connectivity index (χ2v) is 9.88. The third-order valence-corrected chi connectivity index (χ3v) is 7.29. The summed E-state index contributed by atoms with van der Waals surface area (Å²) in [5, 5.41) is 6.86. The maximum absolute atomic E-state index is 15.2. The summed E-state index contributed by atoms with van der Waals surface area (Å²) in [5.41, 5.74) is 3.81. The van der Waals surface area contributed by atoms with Crippen molar-refractivity contribution in [3.05, 3.63) is 78.2 Å². The Kier molecular flexibility index (Phi) is 8.11. The number of carbonyl (C=O) groups excluding carboxylic acids is 1. The van der Waals surface area contributed by atoms with Crippen LogP contribution in [0.3, 0.4) is 0 Å². The number of rotatable bonds is 9. The first-order valence-electron chi connectivity index (χ1n) is 12.9. The molecule has 0 bridgehead atoms. The predicted molar refractivity (Wildman–Crippen MR) is 145 cm³/mol. The molecule has 1 fully saturated rings. The second kappa shape index (κ2) is 11.9. The minimum Gasteiger partial charge on any atom is -0.415 e. The zero-order valence-corrected chi connectivity index (χ0v) is 22.2. The Bertz CT molecular complexity index is 1460. The molecule has 1 amide bonds. The van der Waals surface area contributed by atoms with Crippen molar-refractivity contribution in [1.82, 2.24) is 20.1 Å². The molecule has 0 saturated carbocycles. The van der Waals surface area contributed by atoms with E-state index in [4.69, 9.17) is 4.42 Å². The Labute approximate surface area is 230 Å². The smallest absolute Gasteiger partial charge is 0.314 e. The second-order valence-electron chi connectivity index (χ2n) is 9.88. The number of nitrogens with zero attached hydrogens (tertiary/aromatic N) is 6. The number of alkyl halides is 2. The Balaban J connectivity index is 1.46. The molecule has 3 heterocycles. The molecule has 2 aromatic carbocycles. The number of likely N-dealkylation sites (tertiary alicyclic amines) is 1.